The minimum absolute atomic E-state index is 0.105. The summed E-state index contributed by atoms with van der Waals surface area (Å²) in [6, 6.07) is 4.76. The van der Waals surface area contributed by atoms with Gasteiger partial charge in [0.15, 0.2) is 0 Å². The minimum Gasteiger partial charge on any atom is -0.460 e. The summed E-state index contributed by atoms with van der Waals surface area (Å²) in [5, 5.41) is 0.249. The molecular formula is C18H17ClFN5O. The molecule has 26 heavy (non-hydrogen) atoms. The Labute approximate surface area is 154 Å². The van der Waals surface area contributed by atoms with Gasteiger partial charge < -0.3 is 15.5 Å². The van der Waals surface area contributed by atoms with E-state index in [2.05, 4.69) is 19.9 Å². The predicted octanol–water partition coefficient (Wildman–Crippen LogP) is 4.09. The average molecular weight is 374 g/mol. The molecule has 1 saturated carbocycles. The van der Waals surface area contributed by atoms with E-state index >= 15 is 0 Å². The number of nitrogen functional groups attached to an aromatic ring is 1. The second kappa shape index (κ2) is 6.57. The van der Waals surface area contributed by atoms with Crippen molar-refractivity contribution in [1.82, 2.24) is 19.9 Å². The molecule has 1 aliphatic rings. The summed E-state index contributed by atoms with van der Waals surface area (Å²) < 4.78 is 19.8. The molecule has 0 amide bonds. The van der Waals surface area contributed by atoms with Crippen LogP contribution in [0.4, 0.5) is 10.2 Å². The van der Waals surface area contributed by atoms with Crippen molar-refractivity contribution in [3.8, 4) is 28.7 Å². The van der Waals surface area contributed by atoms with Crippen LogP contribution in [0.3, 0.4) is 0 Å². The van der Waals surface area contributed by atoms with Gasteiger partial charge in [-0.15, -0.1) is 0 Å². The first kappa shape index (κ1) is 16.8. The van der Waals surface area contributed by atoms with Crippen LogP contribution in [0, 0.1) is 11.7 Å². The van der Waals surface area contributed by atoms with E-state index in [0.717, 1.165) is 0 Å². The van der Waals surface area contributed by atoms with Crippen LogP contribution in [-0.2, 0) is 0 Å². The number of nitrogens with two attached hydrogens (primary N) is 1. The molecule has 3 aromatic rings. The number of hydrogen-bond donors (Lipinski definition) is 2. The van der Waals surface area contributed by atoms with Crippen LogP contribution in [0.25, 0.3) is 22.6 Å². The lowest BCUT2D eigenvalue weighted by molar-refractivity contribution is 0.181. The molecule has 0 aliphatic heterocycles. The summed E-state index contributed by atoms with van der Waals surface area (Å²) in [7, 11) is 0. The van der Waals surface area contributed by atoms with Gasteiger partial charge in [-0.2, -0.15) is 0 Å². The fourth-order valence-corrected chi connectivity index (χ4v) is 3.04. The van der Waals surface area contributed by atoms with E-state index in [1.807, 2.05) is 6.92 Å². The number of aromatic amines is 1. The van der Waals surface area contributed by atoms with Crippen molar-refractivity contribution in [1.29, 1.82) is 0 Å². The fourth-order valence-electron chi connectivity index (χ4n) is 2.78. The van der Waals surface area contributed by atoms with Crippen LogP contribution in [0.5, 0.6) is 6.01 Å². The van der Waals surface area contributed by atoms with Crippen LogP contribution in [0.15, 0.2) is 30.6 Å². The molecule has 8 heteroatoms. The highest BCUT2D eigenvalue weighted by Gasteiger charge is 2.30. The standard InChI is InChI=1S/C18H17ClFN5O/c1-9(10-5-6-10)26-18-22-7-11(8-23-18)15-16(21)25-17(24-15)14-12(19)3-2-4-13(14)20/h2-4,7-10H,5-6,21H2,1H3,(H,24,25). The molecule has 1 aromatic carbocycles. The zero-order valence-electron chi connectivity index (χ0n) is 14.0. The largest absolute Gasteiger partial charge is 0.460 e. The first-order chi connectivity index (χ1) is 12.5. The second-order valence-electron chi connectivity index (χ2n) is 6.36. The quantitative estimate of drug-likeness (QED) is 0.703. The Balaban J connectivity index is 1.61. The Morgan fingerprint density at radius 3 is 2.69 bits per heavy atom. The minimum atomic E-state index is -0.480. The third kappa shape index (κ3) is 3.22. The summed E-state index contributed by atoms with van der Waals surface area (Å²) in [6.45, 7) is 2.02. The van der Waals surface area contributed by atoms with Gasteiger partial charge in [0.2, 0.25) is 0 Å². The number of aromatic nitrogens is 4. The lowest BCUT2D eigenvalue weighted by atomic mass is 10.2. The molecule has 0 bridgehead atoms. The zero-order chi connectivity index (χ0) is 18.3. The molecule has 0 radical (unpaired) electrons. The molecule has 2 heterocycles. The van der Waals surface area contributed by atoms with Crippen molar-refractivity contribution in [2.75, 3.05) is 5.73 Å². The van der Waals surface area contributed by atoms with Crippen LogP contribution in [-0.4, -0.2) is 26.0 Å². The normalized spacial score (nSPS) is 15.0. The molecule has 0 saturated heterocycles. The van der Waals surface area contributed by atoms with E-state index in [1.165, 1.54) is 25.0 Å². The molecule has 3 N–H and O–H groups in total. The van der Waals surface area contributed by atoms with Crippen LogP contribution >= 0.6 is 11.6 Å². The summed E-state index contributed by atoms with van der Waals surface area (Å²) in [6.07, 6.45) is 5.67. The van der Waals surface area contributed by atoms with E-state index in [-0.39, 0.29) is 28.3 Å². The van der Waals surface area contributed by atoms with Crippen molar-refractivity contribution >= 4 is 17.4 Å². The molecule has 2 aromatic heterocycles. The Hall–Kier alpha value is -2.67. The van der Waals surface area contributed by atoms with Gasteiger partial charge in [-0.25, -0.2) is 19.3 Å². The number of anilines is 1. The lowest BCUT2D eigenvalue weighted by Crippen LogP contribution is -2.15. The van der Waals surface area contributed by atoms with Crippen molar-refractivity contribution < 1.29 is 9.13 Å². The molecule has 6 nitrogen and oxygen atoms in total. The number of imidazole rings is 1. The summed E-state index contributed by atoms with van der Waals surface area (Å²) in [4.78, 5) is 15.6. The maximum Gasteiger partial charge on any atom is 0.316 e. The highest BCUT2D eigenvalue weighted by molar-refractivity contribution is 6.33. The van der Waals surface area contributed by atoms with Gasteiger partial charge in [-0.05, 0) is 37.8 Å². The average Bonchev–Trinajstić information content (AvgIpc) is 3.39. The van der Waals surface area contributed by atoms with E-state index in [4.69, 9.17) is 22.1 Å². The number of nitrogens with one attached hydrogen (secondary N) is 1. The first-order valence-corrected chi connectivity index (χ1v) is 8.69. The maximum atomic E-state index is 14.1. The number of halogens is 2. The van der Waals surface area contributed by atoms with Gasteiger partial charge in [-0.3, -0.25) is 0 Å². The number of benzene rings is 1. The lowest BCUT2D eigenvalue weighted by Gasteiger charge is -2.11. The number of ether oxygens (including phenoxy) is 1. The van der Waals surface area contributed by atoms with E-state index in [1.54, 1.807) is 18.5 Å². The smallest absolute Gasteiger partial charge is 0.316 e. The third-order valence-corrected chi connectivity index (χ3v) is 4.74. The van der Waals surface area contributed by atoms with Gasteiger partial charge >= 0.3 is 6.01 Å². The monoisotopic (exact) mass is 373 g/mol. The Bertz CT molecular complexity index is 919. The van der Waals surface area contributed by atoms with Gasteiger partial charge in [0, 0.05) is 18.0 Å². The van der Waals surface area contributed by atoms with E-state index < -0.39 is 5.82 Å². The van der Waals surface area contributed by atoms with Gasteiger partial charge in [0.05, 0.1) is 16.3 Å². The molecule has 1 aliphatic carbocycles. The van der Waals surface area contributed by atoms with Crippen LogP contribution in [0.2, 0.25) is 5.02 Å². The Morgan fingerprint density at radius 1 is 1.31 bits per heavy atom. The van der Waals surface area contributed by atoms with Crippen LogP contribution < -0.4 is 10.5 Å². The van der Waals surface area contributed by atoms with Gasteiger partial charge in [0.25, 0.3) is 0 Å². The number of H-pyrrole nitrogens is 1. The summed E-state index contributed by atoms with van der Waals surface area (Å²) >= 11 is 6.09. The SMILES string of the molecule is CC(Oc1ncc(-c2[nH]c(-c3c(F)cccc3Cl)nc2N)cn1)C1CC1. The number of rotatable bonds is 5. The molecule has 0 spiro atoms. The number of nitrogens with zero attached hydrogens (tertiary/aromatic N) is 3. The number of hydrogen-bond acceptors (Lipinski definition) is 5. The zero-order valence-corrected chi connectivity index (χ0v) is 14.8. The maximum absolute atomic E-state index is 14.1. The fraction of sp³-hybridized carbons (Fsp3) is 0.278. The van der Waals surface area contributed by atoms with E-state index in [0.29, 0.717) is 23.2 Å². The summed E-state index contributed by atoms with van der Waals surface area (Å²) in [5.41, 5.74) is 7.28. The van der Waals surface area contributed by atoms with Gasteiger partial charge in [-0.1, -0.05) is 17.7 Å². The first-order valence-electron chi connectivity index (χ1n) is 8.32. The topological polar surface area (TPSA) is 89.7 Å². The van der Waals surface area contributed by atoms with Gasteiger partial charge in [0.1, 0.15) is 23.6 Å². The summed E-state index contributed by atoms with van der Waals surface area (Å²) in [5.74, 6) is 0.577. The van der Waals surface area contributed by atoms with Crippen molar-refractivity contribution in [3.05, 3.63) is 41.4 Å². The molecule has 1 fully saturated rings. The van der Waals surface area contributed by atoms with Crippen molar-refractivity contribution in [2.24, 2.45) is 5.92 Å². The second-order valence-corrected chi connectivity index (χ2v) is 6.76. The van der Waals surface area contributed by atoms with Crippen LogP contribution in [0.1, 0.15) is 19.8 Å². The highest BCUT2D eigenvalue weighted by atomic mass is 35.5. The Kier molecular flexibility index (Phi) is 4.24. The highest BCUT2D eigenvalue weighted by Crippen LogP contribution is 2.35. The molecule has 1 atom stereocenters. The predicted molar refractivity (Wildman–Crippen MR) is 97.2 cm³/mol. The van der Waals surface area contributed by atoms with Crippen molar-refractivity contribution in [2.45, 2.75) is 25.9 Å². The molecular weight excluding hydrogens is 357 g/mol. The third-order valence-electron chi connectivity index (χ3n) is 4.43. The van der Waals surface area contributed by atoms with E-state index in [9.17, 15) is 4.39 Å². The molecule has 4 rings (SSSR count). The molecule has 1 unspecified atom stereocenters. The molecule has 134 valence electrons. The van der Waals surface area contributed by atoms with Crippen molar-refractivity contribution in [3.63, 3.8) is 0 Å². The Morgan fingerprint density at radius 2 is 2.04 bits per heavy atom.